The van der Waals surface area contributed by atoms with E-state index >= 15 is 0 Å². The van der Waals surface area contributed by atoms with Crippen LogP contribution in [0.15, 0.2) is 64.8 Å². The fourth-order valence-corrected chi connectivity index (χ4v) is 2.43. The summed E-state index contributed by atoms with van der Waals surface area (Å²) in [5.41, 5.74) is 2.34. The first-order valence-electron chi connectivity index (χ1n) is 7.77. The summed E-state index contributed by atoms with van der Waals surface area (Å²) in [6, 6.07) is 16.9. The Morgan fingerprint density at radius 2 is 1.52 bits per heavy atom. The van der Waals surface area contributed by atoms with Gasteiger partial charge in [0.1, 0.15) is 0 Å². The molecule has 1 saturated heterocycles. The van der Waals surface area contributed by atoms with Crippen LogP contribution in [0.25, 0.3) is 0 Å². The molecule has 0 spiro atoms. The molecule has 118 valence electrons. The van der Waals surface area contributed by atoms with Gasteiger partial charge in [0.05, 0.1) is 11.4 Å². The van der Waals surface area contributed by atoms with Crippen LogP contribution in [-0.2, 0) is 9.53 Å². The molecule has 0 radical (unpaired) electrons. The maximum atomic E-state index is 12.2. The van der Waals surface area contributed by atoms with Crippen molar-refractivity contribution in [2.24, 2.45) is 16.1 Å². The minimum absolute atomic E-state index is 0.0428. The molecular weight excluding hydrogens is 290 g/mol. The first kappa shape index (κ1) is 15.4. The van der Waals surface area contributed by atoms with Crippen molar-refractivity contribution in [3.05, 3.63) is 54.6 Å². The fraction of sp³-hybridized carbons (Fsp3) is 0.278. The van der Waals surface area contributed by atoms with Crippen LogP contribution >= 0.6 is 0 Å². The molecule has 0 aliphatic carbocycles. The number of benzene rings is 2. The Balaban J connectivity index is 1.58. The van der Waals surface area contributed by atoms with Gasteiger partial charge in [0.15, 0.2) is 0 Å². The van der Waals surface area contributed by atoms with Gasteiger partial charge in [0.2, 0.25) is 5.91 Å². The minimum atomic E-state index is 0.0428. The van der Waals surface area contributed by atoms with Gasteiger partial charge in [0.25, 0.3) is 0 Å². The Bertz CT molecular complexity index is 662. The third-order valence-corrected chi connectivity index (χ3v) is 3.76. The second kappa shape index (κ2) is 7.65. The Kier molecular flexibility index (Phi) is 5.11. The molecule has 5 nitrogen and oxygen atoms in total. The molecule has 1 fully saturated rings. The Labute approximate surface area is 135 Å². The number of hydrogen-bond donors (Lipinski definition) is 1. The van der Waals surface area contributed by atoms with E-state index in [-0.39, 0.29) is 11.8 Å². The molecule has 0 atom stereocenters. The van der Waals surface area contributed by atoms with E-state index in [1.165, 1.54) is 0 Å². The number of azo groups is 1. The summed E-state index contributed by atoms with van der Waals surface area (Å²) < 4.78 is 5.28. The third-order valence-electron chi connectivity index (χ3n) is 3.76. The smallest absolute Gasteiger partial charge is 0.227 e. The lowest BCUT2D eigenvalue weighted by Crippen LogP contribution is -2.28. The average Bonchev–Trinajstić information content (AvgIpc) is 2.63. The summed E-state index contributed by atoms with van der Waals surface area (Å²) in [4.78, 5) is 12.2. The van der Waals surface area contributed by atoms with Crippen LogP contribution in [0.3, 0.4) is 0 Å². The molecule has 1 amide bonds. The van der Waals surface area contributed by atoms with Crippen molar-refractivity contribution < 1.29 is 9.53 Å². The second-order valence-electron chi connectivity index (χ2n) is 5.46. The van der Waals surface area contributed by atoms with Gasteiger partial charge in [-0.3, -0.25) is 4.79 Å². The molecule has 1 aliphatic rings. The largest absolute Gasteiger partial charge is 0.381 e. The molecule has 3 rings (SSSR count). The van der Waals surface area contributed by atoms with Crippen molar-refractivity contribution in [3.63, 3.8) is 0 Å². The van der Waals surface area contributed by atoms with Crippen molar-refractivity contribution in [2.45, 2.75) is 12.8 Å². The molecule has 23 heavy (non-hydrogen) atoms. The average molecular weight is 309 g/mol. The van der Waals surface area contributed by atoms with Gasteiger partial charge in [0, 0.05) is 24.8 Å². The van der Waals surface area contributed by atoms with Crippen molar-refractivity contribution in [1.82, 2.24) is 0 Å². The van der Waals surface area contributed by atoms with Gasteiger partial charge < -0.3 is 10.1 Å². The molecule has 0 aromatic heterocycles. The van der Waals surface area contributed by atoms with Crippen LogP contribution in [0.5, 0.6) is 0 Å². The van der Waals surface area contributed by atoms with Crippen LogP contribution in [0, 0.1) is 5.92 Å². The molecule has 1 heterocycles. The van der Waals surface area contributed by atoms with Crippen molar-refractivity contribution in [2.75, 3.05) is 18.5 Å². The highest BCUT2D eigenvalue weighted by Crippen LogP contribution is 2.21. The van der Waals surface area contributed by atoms with Crippen molar-refractivity contribution >= 4 is 23.0 Å². The number of ether oxygens (including phenoxy) is 1. The number of anilines is 1. The first-order valence-corrected chi connectivity index (χ1v) is 7.77. The molecule has 2 aromatic carbocycles. The number of rotatable bonds is 4. The molecule has 0 bridgehead atoms. The van der Waals surface area contributed by atoms with Crippen LogP contribution in [0.1, 0.15) is 12.8 Å². The van der Waals surface area contributed by atoms with E-state index in [9.17, 15) is 4.79 Å². The number of carbonyl (C=O) groups excluding carboxylic acids is 1. The quantitative estimate of drug-likeness (QED) is 0.847. The first-order chi connectivity index (χ1) is 11.3. The predicted molar refractivity (Wildman–Crippen MR) is 89.2 cm³/mol. The number of nitrogens with zero attached hydrogens (tertiary/aromatic N) is 2. The maximum absolute atomic E-state index is 12.2. The third kappa shape index (κ3) is 4.47. The van der Waals surface area contributed by atoms with E-state index in [4.69, 9.17) is 4.74 Å². The Hall–Kier alpha value is -2.53. The van der Waals surface area contributed by atoms with E-state index in [0.717, 1.165) is 29.9 Å². The standard InChI is InChI=1S/C18H19N3O2/c22-18(14-10-12-23-13-11-14)19-15-6-8-17(9-7-15)21-20-16-4-2-1-3-5-16/h1-9,14H,10-13H2,(H,19,22). The molecule has 2 aromatic rings. The monoisotopic (exact) mass is 309 g/mol. The fourth-order valence-electron chi connectivity index (χ4n) is 2.43. The SMILES string of the molecule is O=C(Nc1ccc(N=Nc2ccccc2)cc1)C1CCOCC1. The van der Waals surface area contributed by atoms with Gasteiger partial charge >= 0.3 is 0 Å². The molecule has 1 N–H and O–H groups in total. The van der Waals surface area contributed by atoms with E-state index in [2.05, 4.69) is 15.5 Å². The van der Waals surface area contributed by atoms with Gasteiger partial charge in [-0.2, -0.15) is 10.2 Å². The second-order valence-corrected chi connectivity index (χ2v) is 5.46. The number of carbonyl (C=O) groups is 1. The van der Waals surface area contributed by atoms with E-state index in [1.54, 1.807) is 0 Å². The van der Waals surface area contributed by atoms with Crippen LogP contribution < -0.4 is 5.32 Å². The lowest BCUT2D eigenvalue weighted by molar-refractivity contribution is -0.122. The Morgan fingerprint density at radius 3 is 2.17 bits per heavy atom. The summed E-state index contributed by atoms with van der Waals surface area (Å²) in [7, 11) is 0. The normalized spacial score (nSPS) is 15.7. The number of amides is 1. The summed E-state index contributed by atoms with van der Waals surface area (Å²) in [6.45, 7) is 1.33. The summed E-state index contributed by atoms with van der Waals surface area (Å²) in [6.07, 6.45) is 1.57. The van der Waals surface area contributed by atoms with Crippen molar-refractivity contribution in [3.8, 4) is 0 Å². The van der Waals surface area contributed by atoms with Crippen LogP contribution in [0.2, 0.25) is 0 Å². The van der Waals surface area contributed by atoms with Gasteiger partial charge in [-0.05, 0) is 49.2 Å². The van der Waals surface area contributed by atoms with Gasteiger partial charge in [-0.1, -0.05) is 18.2 Å². The van der Waals surface area contributed by atoms with Crippen molar-refractivity contribution in [1.29, 1.82) is 0 Å². The molecule has 5 heteroatoms. The number of nitrogens with one attached hydrogen (secondary N) is 1. The van der Waals surface area contributed by atoms with Gasteiger partial charge in [-0.25, -0.2) is 0 Å². The molecule has 0 saturated carbocycles. The lowest BCUT2D eigenvalue weighted by Gasteiger charge is -2.21. The van der Waals surface area contributed by atoms with E-state index in [1.807, 2.05) is 54.6 Å². The molecular formula is C18H19N3O2. The zero-order valence-corrected chi connectivity index (χ0v) is 12.8. The van der Waals surface area contributed by atoms with E-state index in [0.29, 0.717) is 13.2 Å². The van der Waals surface area contributed by atoms with Crippen LogP contribution in [0.4, 0.5) is 17.1 Å². The minimum Gasteiger partial charge on any atom is -0.381 e. The van der Waals surface area contributed by atoms with Gasteiger partial charge in [-0.15, -0.1) is 0 Å². The lowest BCUT2D eigenvalue weighted by atomic mass is 9.99. The summed E-state index contributed by atoms with van der Waals surface area (Å²) in [5, 5.41) is 11.3. The van der Waals surface area contributed by atoms with Crippen LogP contribution in [-0.4, -0.2) is 19.1 Å². The van der Waals surface area contributed by atoms with E-state index < -0.39 is 0 Å². The topological polar surface area (TPSA) is 63.0 Å². The highest BCUT2D eigenvalue weighted by atomic mass is 16.5. The zero-order chi connectivity index (χ0) is 15.9. The molecule has 0 unspecified atom stereocenters. The highest BCUT2D eigenvalue weighted by Gasteiger charge is 2.21. The maximum Gasteiger partial charge on any atom is 0.227 e. The highest BCUT2D eigenvalue weighted by molar-refractivity contribution is 5.92. The Morgan fingerprint density at radius 1 is 0.913 bits per heavy atom. The predicted octanol–water partition coefficient (Wildman–Crippen LogP) is 4.47. The summed E-state index contributed by atoms with van der Waals surface area (Å²) >= 11 is 0. The zero-order valence-electron chi connectivity index (χ0n) is 12.8. The summed E-state index contributed by atoms with van der Waals surface area (Å²) in [5.74, 6) is 0.105. The number of hydrogen-bond acceptors (Lipinski definition) is 4. The molecule has 1 aliphatic heterocycles.